The van der Waals surface area contributed by atoms with E-state index in [0.717, 1.165) is 12.0 Å². The first-order valence-electron chi connectivity index (χ1n) is 6.62. The molecule has 0 amide bonds. The highest BCUT2D eigenvalue weighted by atomic mass is 15.2. The lowest BCUT2D eigenvalue weighted by Gasteiger charge is -2.36. The number of hydrogen-bond donors (Lipinski definition) is 1. The minimum atomic E-state index is 0.573. The fourth-order valence-corrected chi connectivity index (χ4v) is 2.65. The van der Waals surface area contributed by atoms with Gasteiger partial charge in [0.2, 0.25) is 0 Å². The molecule has 2 rings (SSSR count). The van der Waals surface area contributed by atoms with Crippen molar-refractivity contribution in [3.05, 3.63) is 0 Å². The highest BCUT2D eigenvalue weighted by molar-refractivity contribution is 5.00. The van der Waals surface area contributed by atoms with Crippen LogP contribution in [0, 0.1) is 5.92 Å². The summed E-state index contributed by atoms with van der Waals surface area (Å²) in [5, 5.41) is 3.69. The van der Waals surface area contributed by atoms with Gasteiger partial charge in [0.05, 0.1) is 0 Å². The molecule has 0 aromatic heterocycles. The second-order valence-corrected chi connectivity index (χ2v) is 5.85. The van der Waals surface area contributed by atoms with Crippen molar-refractivity contribution in [2.75, 3.05) is 19.6 Å². The van der Waals surface area contributed by atoms with Crippen LogP contribution in [0.4, 0.5) is 0 Å². The molecule has 1 heterocycles. The summed E-state index contributed by atoms with van der Waals surface area (Å²) in [6.07, 6.45) is 5.45. The Morgan fingerprint density at radius 2 is 2.13 bits per heavy atom. The zero-order valence-electron chi connectivity index (χ0n) is 10.6. The molecular formula is C13H26N2. The van der Waals surface area contributed by atoms with Crippen molar-refractivity contribution in [1.29, 1.82) is 0 Å². The number of hydrogen-bond acceptors (Lipinski definition) is 2. The van der Waals surface area contributed by atoms with Crippen LogP contribution in [0.2, 0.25) is 0 Å². The number of rotatable bonds is 2. The molecule has 2 heteroatoms. The highest BCUT2D eigenvalue weighted by Gasteiger charge is 2.43. The van der Waals surface area contributed by atoms with E-state index in [1.165, 1.54) is 45.3 Å². The smallest absolute Gasteiger partial charge is 0.0182 e. The van der Waals surface area contributed by atoms with E-state index < -0.39 is 0 Å². The summed E-state index contributed by atoms with van der Waals surface area (Å²) in [7, 11) is 0. The summed E-state index contributed by atoms with van der Waals surface area (Å²) in [6, 6.07) is 0.748. The van der Waals surface area contributed by atoms with Crippen molar-refractivity contribution < 1.29 is 0 Å². The molecule has 2 aliphatic rings. The van der Waals surface area contributed by atoms with Crippen molar-refractivity contribution in [3.8, 4) is 0 Å². The van der Waals surface area contributed by atoms with Crippen molar-refractivity contribution >= 4 is 0 Å². The third-order valence-corrected chi connectivity index (χ3v) is 4.26. The Kier molecular flexibility index (Phi) is 3.36. The van der Waals surface area contributed by atoms with E-state index in [1.54, 1.807) is 0 Å². The van der Waals surface area contributed by atoms with Gasteiger partial charge in [0, 0.05) is 24.7 Å². The summed E-state index contributed by atoms with van der Waals surface area (Å²) < 4.78 is 0. The fourth-order valence-electron chi connectivity index (χ4n) is 2.65. The lowest BCUT2D eigenvalue weighted by atomic mass is 10.0. The summed E-state index contributed by atoms with van der Waals surface area (Å²) in [5.41, 5.74) is 0.573. The fraction of sp³-hybridized carbons (Fsp3) is 1.00. The SMILES string of the molecule is CCC1CCN(C2(C)CC2)CC(C)CN1. The zero-order valence-corrected chi connectivity index (χ0v) is 10.6. The normalized spacial score (nSPS) is 37.0. The molecule has 2 atom stereocenters. The van der Waals surface area contributed by atoms with E-state index in [4.69, 9.17) is 0 Å². The Balaban J connectivity index is 1.94. The van der Waals surface area contributed by atoms with Crippen LogP contribution in [-0.4, -0.2) is 36.1 Å². The summed E-state index contributed by atoms with van der Waals surface area (Å²) in [5.74, 6) is 0.803. The molecule has 88 valence electrons. The van der Waals surface area contributed by atoms with Gasteiger partial charge in [-0.05, 0) is 45.1 Å². The van der Waals surface area contributed by atoms with Gasteiger partial charge in [-0.1, -0.05) is 13.8 Å². The maximum absolute atomic E-state index is 3.69. The molecule has 1 N–H and O–H groups in total. The minimum Gasteiger partial charge on any atom is -0.314 e. The van der Waals surface area contributed by atoms with Crippen LogP contribution in [0.3, 0.4) is 0 Å². The van der Waals surface area contributed by atoms with E-state index in [1.807, 2.05) is 0 Å². The maximum atomic E-state index is 3.69. The first-order valence-corrected chi connectivity index (χ1v) is 6.62. The van der Waals surface area contributed by atoms with E-state index in [0.29, 0.717) is 5.54 Å². The van der Waals surface area contributed by atoms with Gasteiger partial charge >= 0.3 is 0 Å². The summed E-state index contributed by atoms with van der Waals surface area (Å²) in [4.78, 5) is 2.75. The molecule has 0 bridgehead atoms. The van der Waals surface area contributed by atoms with Crippen molar-refractivity contribution in [3.63, 3.8) is 0 Å². The van der Waals surface area contributed by atoms with Gasteiger partial charge in [-0.15, -0.1) is 0 Å². The van der Waals surface area contributed by atoms with Gasteiger partial charge in [0.15, 0.2) is 0 Å². The van der Waals surface area contributed by atoms with Gasteiger partial charge in [-0.25, -0.2) is 0 Å². The summed E-state index contributed by atoms with van der Waals surface area (Å²) in [6.45, 7) is 10.9. The Bertz CT molecular complexity index is 211. The lowest BCUT2D eigenvalue weighted by Crippen LogP contribution is -2.47. The standard InChI is InChI=1S/C13H26N2/c1-4-12-5-8-15(13(3)6-7-13)10-11(2)9-14-12/h11-12,14H,4-10H2,1-3H3. The first-order chi connectivity index (χ1) is 7.14. The Labute approximate surface area is 94.4 Å². The van der Waals surface area contributed by atoms with Crippen LogP contribution in [-0.2, 0) is 0 Å². The Morgan fingerprint density at radius 1 is 1.40 bits per heavy atom. The van der Waals surface area contributed by atoms with Gasteiger partial charge < -0.3 is 5.32 Å². The van der Waals surface area contributed by atoms with Gasteiger partial charge in [0.1, 0.15) is 0 Å². The van der Waals surface area contributed by atoms with Crippen LogP contribution in [0.15, 0.2) is 0 Å². The van der Waals surface area contributed by atoms with Crippen LogP contribution in [0.25, 0.3) is 0 Å². The lowest BCUT2D eigenvalue weighted by molar-refractivity contribution is 0.139. The maximum Gasteiger partial charge on any atom is 0.0182 e. The topological polar surface area (TPSA) is 15.3 Å². The van der Waals surface area contributed by atoms with Gasteiger partial charge in [0.25, 0.3) is 0 Å². The van der Waals surface area contributed by atoms with Crippen molar-refractivity contribution in [2.24, 2.45) is 5.92 Å². The largest absolute Gasteiger partial charge is 0.314 e. The molecule has 1 aliphatic heterocycles. The van der Waals surface area contributed by atoms with Crippen LogP contribution in [0.5, 0.6) is 0 Å². The predicted octanol–water partition coefficient (Wildman–Crippen LogP) is 2.25. The number of nitrogens with zero attached hydrogens (tertiary/aromatic N) is 1. The molecule has 0 spiro atoms. The van der Waals surface area contributed by atoms with E-state index in [9.17, 15) is 0 Å². The second kappa shape index (κ2) is 4.42. The van der Waals surface area contributed by atoms with Gasteiger partial charge in [-0.3, -0.25) is 4.90 Å². The average Bonchev–Trinajstić information content (AvgIpc) is 2.92. The molecule has 2 nitrogen and oxygen atoms in total. The van der Waals surface area contributed by atoms with Crippen molar-refractivity contribution in [1.82, 2.24) is 10.2 Å². The molecule has 1 saturated heterocycles. The van der Waals surface area contributed by atoms with Crippen LogP contribution < -0.4 is 5.32 Å². The second-order valence-electron chi connectivity index (χ2n) is 5.85. The number of nitrogens with one attached hydrogen (secondary N) is 1. The zero-order chi connectivity index (χ0) is 10.9. The highest BCUT2D eigenvalue weighted by Crippen LogP contribution is 2.41. The quantitative estimate of drug-likeness (QED) is 0.752. The molecule has 15 heavy (non-hydrogen) atoms. The molecule has 2 unspecified atom stereocenters. The third kappa shape index (κ3) is 2.73. The minimum absolute atomic E-state index is 0.573. The average molecular weight is 210 g/mol. The Hall–Kier alpha value is -0.0800. The van der Waals surface area contributed by atoms with Crippen molar-refractivity contribution in [2.45, 2.75) is 58.0 Å². The molecule has 1 saturated carbocycles. The third-order valence-electron chi connectivity index (χ3n) is 4.26. The van der Waals surface area contributed by atoms with E-state index in [-0.39, 0.29) is 0 Å². The Morgan fingerprint density at radius 3 is 2.73 bits per heavy atom. The van der Waals surface area contributed by atoms with Crippen LogP contribution >= 0.6 is 0 Å². The van der Waals surface area contributed by atoms with E-state index >= 15 is 0 Å². The monoisotopic (exact) mass is 210 g/mol. The molecular weight excluding hydrogens is 184 g/mol. The molecule has 1 aliphatic carbocycles. The van der Waals surface area contributed by atoms with Gasteiger partial charge in [-0.2, -0.15) is 0 Å². The summed E-state index contributed by atoms with van der Waals surface area (Å²) >= 11 is 0. The van der Waals surface area contributed by atoms with E-state index in [2.05, 4.69) is 31.0 Å². The molecule has 0 aromatic rings. The molecule has 2 fully saturated rings. The van der Waals surface area contributed by atoms with Crippen LogP contribution in [0.1, 0.15) is 46.5 Å². The predicted molar refractivity (Wildman–Crippen MR) is 65.1 cm³/mol. The first kappa shape index (κ1) is 11.4. The molecule has 0 aromatic carbocycles. The molecule has 0 radical (unpaired) electrons.